The van der Waals surface area contributed by atoms with Crippen LogP contribution >= 0.6 is 11.3 Å². The lowest BCUT2D eigenvalue weighted by Gasteiger charge is -2.21. The predicted octanol–water partition coefficient (Wildman–Crippen LogP) is 2.95. The van der Waals surface area contributed by atoms with E-state index in [-0.39, 0.29) is 17.0 Å². The zero-order valence-corrected chi connectivity index (χ0v) is 12.2. The van der Waals surface area contributed by atoms with Gasteiger partial charge in [0.15, 0.2) is 5.69 Å². The minimum atomic E-state index is -4.73. The molecular weight excluding hydrogens is 307 g/mol. The van der Waals surface area contributed by atoms with Gasteiger partial charge in [0.05, 0.1) is 11.2 Å². The van der Waals surface area contributed by atoms with E-state index in [1.807, 2.05) is 0 Å². The number of hydrogen-bond acceptors (Lipinski definition) is 5. The van der Waals surface area contributed by atoms with Crippen molar-refractivity contribution in [2.24, 2.45) is 7.05 Å². The van der Waals surface area contributed by atoms with Crippen molar-refractivity contribution in [3.05, 3.63) is 33.5 Å². The van der Waals surface area contributed by atoms with Gasteiger partial charge in [-0.25, -0.2) is 9.78 Å². The number of halogens is 3. The molecule has 0 saturated carbocycles. The molecular formula is C12H12F3N3O2S. The van der Waals surface area contributed by atoms with Crippen molar-refractivity contribution < 1.29 is 22.7 Å². The fourth-order valence-electron chi connectivity index (χ4n) is 1.94. The fraction of sp³-hybridized carbons (Fsp3) is 0.417. The van der Waals surface area contributed by atoms with Gasteiger partial charge in [0, 0.05) is 23.7 Å². The fourth-order valence-corrected chi connectivity index (χ4v) is 2.46. The van der Waals surface area contributed by atoms with Gasteiger partial charge in [-0.1, -0.05) is 0 Å². The summed E-state index contributed by atoms with van der Waals surface area (Å²) >= 11 is 1.10. The molecule has 0 aromatic carbocycles. The first-order valence-corrected chi connectivity index (χ1v) is 6.82. The molecule has 0 saturated heterocycles. The van der Waals surface area contributed by atoms with Gasteiger partial charge in [-0.05, 0) is 13.8 Å². The molecule has 0 N–H and O–H groups in total. The van der Waals surface area contributed by atoms with E-state index in [1.165, 1.54) is 36.5 Å². The average molecular weight is 319 g/mol. The maximum Gasteiger partial charge on any atom is 0.430 e. The van der Waals surface area contributed by atoms with Crippen LogP contribution in [0.25, 0.3) is 0 Å². The molecule has 2 heterocycles. The zero-order chi connectivity index (χ0) is 15.8. The Morgan fingerprint density at radius 3 is 2.52 bits per heavy atom. The molecule has 9 heteroatoms. The van der Waals surface area contributed by atoms with E-state index >= 15 is 0 Å². The molecule has 0 aliphatic carbocycles. The molecule has 0 spiro atoms. The molecule has 2 aromatic rings. The van der Waals surface area contributed by atoms with Crippen molar-refractivity contribution in [3.63, 3.8) is 0 Å². The second kappa shape index (κ2) is 5.47. The quantitative estimate of drug-likeness (QED) is 0.816. The average Bonchev–Trinajstić information content (AvgIpc) is 2.96. The Morgan fingerprint density at radius 1 is 1.43 bits per heavy atom. The van der Waals surface area contributed by atoms with Crippen LogP contribution in [-0.4, -0.2) is 26.9 Å². The van der Waals surface area contributed by atoms with Crippen LogP contribution in [0.4, 0.5) is 13.2 Å². The van der Waals surface area contributed by atoms with E-state index in [0.29, 0.717) is 5.69 Å². The van der Waals surface area contributed by atoms with E-state index in [0.717, 1.165) is 11.3 Å². The van der Waals surface area contributed by atoms with Crippen molar-refractivity contribution in [2.45, 2.75) is 26.1 Å². The highest BCUT2D eigenvalue weighted by molar-refractivity contribution is 7.07. The number of nitrogens with zero attached hydrogens (tertiary/aromatic N) is 3. The van der Waals surface area contributed by atoms with Crippen LogP contribution in [0.2, 0.25) is 0 Å². The molecule has 1 atom stereocenters. The SMILES string of the molecule is Cc1nn(C)c(C)c1C(OC(=O)c1cscn1)C(F)(F)F. The Balaban J connectivity index is 2.38. The van der Waals surface area contributed by atoms with Gasteiger partial charge in [0.25, 0.3) is 0 Å². The van der Waals surface area contributed by atoms with E-state index in [4.69, 9.17) is 0 Å². The lowest BCUT2D eigenvalue weighted by Crippen LogP contribution is -2.27. The zero-order valence-electron chi connectivity index (χ0n) is 11.4. The minimum absolute atomic E-state index is 0.145. The number of rotatable bonds is 3. The van der Waals surface area contributed by atoms with E-state index < -0.39 is 18.2 Å². The number of hydrogen-bond donors (Lipinski definition) is 0. The number of aromatic nitrogens is 3. The summed E-state index contributed by atoms with van der Waals surface area (Å²) in [6.07, 6.45) is -7.09. The highest BCUT2D eigenvalue weighted by Crippen LogP contribution is 2.39. The minimum Gasteiger partial charge on any atom is -0.443 e. The summed E-state index contributed by atoms with van der Waals surface area (Å²) in [6.45, 7) is 2.93. The Hall–Kier alpha value is -1.90. The smallest absolute Gasteiger partial charge is 0.430 e. The summed E-state index contributed by atoms with van der Waals surface area (Å²) in [5.74, 6) is -1.11. The predicted molar refractivity (Wildman–Crippen MR) is 69.0 cm³/mol. The molecule has 114 valence electrons. The standard InChI is InChI=1S/C12H12F3N3O2S/c1-6-9(7(2)18(3)17-6)10(12(13,14)15)20-11(19)8-4-21-5-16-8/h4-5,10H,1-3H3. The van der Waals surface area contributed by atoms with Crippen molar-refractivity contribution in [1.29, 1.82) is 0 Å². The van der Waals surface area contributed by atoms with Crippen LogP contribution in [0.15, 0.2) is 10.9 Å². The number of ether oxygens (including phenoxy) is 1. The molecule has 0 radical (unpaired) electrons. The molecule has 0 amide bonds. The first-order valence-electron chi connectivity index (χ1n) is 5.87. The van der Waals surface area contributed by atoms with Crippen molar-refractivity contribution in [3.8, 4) is 0 Å². The van der Waals surface area contributed by atoms with Crippen molar-refractivity contribution in [2.75, 3.05) is 0 Å². The number of alkyl halides is 3. The highest BCUT2D eigenvalue weighted by Gasteiger charge is 2.47. The number of thiazole rings is 1. The Morgan fingerprint density at radius 2 is 2.10 bits per heavy atom. The first-order chi connectivity index (χ1) is 9.71. The molecule has 2 aromatic heterocycles. The highest BCUT2D eigenvalue weighted by atomic mass is 32.1. The largest absolute Gasteiger partial charge is 0.443 e. The maximum atomic E-state index is 13.2. The Labute approximate surface area is 122 Å². The van der Waals surface area contributed by atoms with E-state index in [1.54, 1.807) is 0 Å². The summed E-state index contributed by atoms with van der Waals surface area (Å²) < 4.78 is 45.7. The summed E-state index contributed by atoms with van der Waals surface area (Å²) in [5, 5.41) is 5.26. The number of carbonyl (C=O) groups is 1. The van der Waals surface area contributed by atoms with Crippen LogP contribution in [0.5, 0.6) is 0 Å². The molecule has 1 unspecified atom stereocenters. The second-order valence-electron chi connectivity index (χ2n) is 4.41. The van der Waals surface area contributed by atoms with Gasteiger partial charge in [0.2, 0.25) is 6.10 Å². The molecule has 21 heavy (non-hydrogen) atoms. The maximum absolute atomic E-state index is 13.2. The van der Waals surface area contributed by atoms with Crippen molar-refractivity contribution >= 4 is 17.3 Å². The Kier molecular flexibility index (Phi) is 4.04. The monoisotopic (exact) mass is 319 g/mol. The lowest BCUT2D eigenvalue weighted by molar-refractivity contribution is -0.207. The van der Waals surface area contributed by atoms with Crippen LogP contribution in [-0.2, 0) is 11.8 Å². The summed E-state index contributed by atoms with van der Waals surface area (Å²) in [7, 11) is 1.53. The van der Waals surface area contributed by atoms with Gasteiger partial charge in [-0.2, -0.15) is 18.3 Å². The van der Waals surface area contributed by atoms with Crippen LogP contribution < -0.4 is 0 Å². The molecule has 0 fully saturated rings. The molecule has 0 bridgehead atoms. The summed E-state index contributed by atoms with van der Waals surface area (Å²) in [5.41, 5.74) is 1.52. The van der Waals surface area contributed by atoms with Gasteiger partial charge < -0.3 is 4.74 Å². The molecule has 2 rings (SSSR count). The third-order valence-electron chi connectivity index (χ3n) is 2.99. The summed E-state index contributed by atoms with van der Waals surface area (Å²) in [4.78, 5) is 15.4. The first kappa shape index (κ1) is 15.5. The van der Waals surface area contributed by atoms with Crippen LogP contribution in [0.1, 0.15) is 33.5 Å². The third-order valence-corrected chi connectivity index (χ3v) is 3.58. The van der Waals surface area contributed by atoms with Crippen LogP contribution in [0, 0.1) is 13.8 Å². The third kappa shape index (κ3) is 3.07. The molecule has 0 aliphatic heterocycles. The molecule has 0 aliphatic rings. The van der Waals surface area contributed by atoms with Crippen molar-refractivity contribution in [1.82, 2.24) is 14.8 Å². The van der Waals surface area contributed by atoms with Gasteiger partial charge in [0.1, 0.15) is 0 Å². The normalized spacial score (nSPS) is 13.2. The second-order valence-corrected chi connectivity index (χ2v) is 5.13. The van der Waals surface area contributed by atoms with Gasteiger partial charge in [-0.15, -0.1) is 11.3 Å². The van der Waals surface area contributed by atoms with E-state index in [2.05, 4.69) is 14.8 Å². The summed E-state index contributed by atoms with van der Waals surface area (Å²) in [6, 6.07) is 0. The number of esters is 1. The lowest BCUT2D eigenvalue weighted by atomic mass is 10.1. The van der Waals surface area contributed by atoms with E-state index in [9.17, 15) is 18.0 Å². The van der Waals surface area contributed by atoms with Gasteiger partial charge >= 0.3 is 12.1 Å². The molecule has 5 nitrogen and oxygen atoms in total. The topological polar surface area (TPSA) is 57.0 Å². The Bertz CT molecular complexity index is 649. The van der Waals surface area contributed by atoms with Gasteiger partial charge in [-0.3, -0.25) is 4.68 Å². The van der Waals surface area contributed by atoms with Crippen LogP contribution in [0.3, 0.4) is 0 Å². The number of carbonyl (C=O) groups excluding carboxylic acids is 1. The number of aryl methyl sites for hydroxylation is 2.